The Morgan fingerprint density at radius 3 is 2.69 bits per heavy atom. The van der Waals surface area contributed by atoms with Gasteiger partial charge in [0, 0.05) is 17.8 Å². The maximum Gasteiger partial charge on any atom is 0.318 e. The molecule has 2 aromatic heterocycles. The molecule has 8 heteroatoms. The summed E-state index contributed by atoms with van der Waals surface area (Å²) in [6.45, 7) is 8.25. The highest BCUT2D eigenvalue weighted by Gasteiger charge is 2.35. The molecule has 1 unspecified atom stereocenters. The SMILES string of the molecule is Cc1nc2sc(C3CCCN3C(=O)NC(C)(C)c3ccccc3)nn2c(=O)c1C. The fraction of sp³-hybridized carbons (Fsp3) is 0.429. The van der Waals surface area contributed by atoms with Crippen molar-refractivity contribution < 1.29 is 4.79 Å². The zero-order chi connectivity index (χ0) is 20.8. The first-order valence-electron chi connectivity index (χ1n) is 9.79. The summed E-state index contributed by atoms with van der Waals surface area (Å²) in [6, 6.07) is 9.66. The van der Waals surface area contributed by atoms with Crippen molar-refractivity contribution in [2.75, 3.05) is 6.54 Å². The van der Waals surface area contributed by atoms with E-state index in [1.165, 1.54) is 15.9 Å². The normalized spacial score (nSPS) is 17.1. The Kier molecular flexibility index (Phi) is 4.90. The number of carbonyl (C=O) groups is 1. The number of urea groups is 1. The highest BCUT2D eigenvalue weighted by Crippen LogP contribution is 2.34. The lowest BCUT2D eigenvalue weighted by atomic mass is 9.94. The standard InChI is InChI=1S/C21H25N5O2S/c1-13-14(2)22-20-26(18(13)27)24-17(29-20)16-11-8-12-25(16)19(28)23-21(3,4)15-9-6-5-7-10-15/h5-7,9-10,16H,8,11-12H2,1-4H3,(H,23,28). The molecule has 1 aliphatic heterocycles. The monoisotopic (exact) mass is 411 g/mol. The lowest BCUT2D eigenvalue weighted by Crippen LogP contribution is -2.48. The third kappa shape index (κ3) is 3.53. The predicted molar refractivity (Wildman–Crippen MR) is 113 cm³/mol. The number of benzene rings is 1. The molecule has 4 rings (SSSR count). The molecule has 0 bridgehead atoms. The largest absolute Gasteiger partial charge is 0.329 e. The highest BCUT2D eigenvalue weighted by molar-refractivity contribution is 7.16. The molecule has 3 aromatic rings. The minimum atomic E-state index is -0.494. The first-order valence-corrected chi connectivity index (χ1v) is 10.6. The van der Waals surface area contributed by atoms with Crippen LogP contribution < -0.4 is 10.9 Å². The van der Waals surface area contributed by atoms with Crippen molar-refractivity contribution in [2.45, 2.75) is 52.1 Å². The van der Waals surface area contributed by atoms with Crippen LogP contribution in [0.5, 0.6) is 0 Å². The van der Waals surface area contributed by atoms with E-state index >= 15 is 0 Å². The smallest absolute Gasteiger partial charge is 0.318 e. The van der Waals surface area contributed by atoms with E-state index in [1.807, 2.05) is 56.0 Å². The third-order valence-corrected chi connectivity index (χ3v) is 6.62. The van der Waals surface area contributed by atoms with Gasteiger partial charge in [0.05, 0.1) is 11.6 Å². The van der Waals surface area contributed by atoms with Gasteiger partial charge < -0.3 is 10.2 Å². The van der Waals surface area contributed by atoms with Gasteiger partial charge in [0.2, 0.25) is 4.96 Å². The van der Waals surface area contributed by atoms with E-state index in [0.717, 1.165) is 29.1 Å². The number of aromatic nitrogens is 3. The van der Waals surface area contributed by atoms with Crippen LogP contribution in [0, 0.1) is 13.8 Å². The van der Waals surface area contributed by atoms with Crippen molar-refractivity contribution in [3.63, 3.8) is 0 Å². The second-order valence-corrected chi connectivity index (χ2v) is 9.02. The number of likely N-dealkylation sites (tertiary alicyclic amines) is 1. The molecule has 0 spiro atoms. The summed E-state index contributed by atoms with van der Waals surface area (Å²) in [5, 5.41) is 8.43. The quantitative estimate of drug-likeness (QED) is 0.715. The minimum Gasteiger partial charge on any atom is -0.329 e. The summed E-state index contributed by atoms with van der Waals surface area (Å²) in [5.41, 5.74) is 1.73. The number of carbonyl (C=O) groups excluding carboxylic acids is 1. The lowest BCUT2D eigenvalue weighted by molar-refractivity contribution is 0.181. The summed E-state index contributed by atoms with van der Waals surface area (Å²) >= 11 is 1.39. The van der Waals surface area contributed by atoms with Crippen molar-refractivity contribution in [1.82, 2.24) is 24.8 Å². The van der Waals surface area contributed by atoms with E-state index in [9.17, 15) is 9.59 Å². The van der Waals surface area contributed by atoms with E-state index in [4.69, 9.17) is 0 Å². The average molecular weight is 412 g/mol. The second kappa shape index (κ2) is 7.26. The fourth-order valence-corrected chi connectivity index (χ4v) is 4.79. The lowest BCUT2D eigenvalue weighted by Gasteiger charge is -2.31. The minimum absolute atomic E-state index is 0.117. The van der Waals surface area contributed by atoms with Crippen LogP contribution in [-0.4, -0.2) is 32.1 Å². The molecule has 1 aliphatic rings. The molecule has 1 atom stereocenters. The molecule has 1 saturated heterocycles. The van der Waals surface area contributed by atoms with E-state index in [0.29, 0.717) is 17.1 Å². The Bertz CT molecular complexity index is 1120. The molecule has 152 valence electrons. The van der Waals surface area contributed by atoms with Crippen LogP contribution in [0.25, 0.3) is 4.96 Å². The number of amides is 2. The maximum absolute atomic E-state index is 13.1. The number of rotatable bonds is 3. The van der Waals surface area contributed by atoms with Crippen LogP contribution in [-0.2, 0) is 5.54 Å². The molecular formula is C21H25N5O2S. The molecule has 2 amide bonds. The van der Waals surface area contributed by atoms with Gasteiger partial charge in [-0.25, -0.2) is 9.78 Å². The van der Waals surface area contributed by atoms with Crippen molar-refractivity contribution in [1.29, 1.82) is 0 Å². The fourth-order valence-electron chi connectivity index (χ4n) is 3.71. The van der Waals surface area contributed by atoms with Crippen LogP contribution in [0.4, 0.5) is 4.79 Å². The zero-order valence-corrected chi connectivity index (χ0v) is 17.9. The number of hydrogen-bond acceptors (Lipinski definition) is 5. The molecule has 0 aliphatic carbocycles. The summed E-state index contributed by atoms with van der Waals surface area (Å²) in [5.74, 6) is 0. The second-order valence-electron chi connectivity index (χ2n) is 8.03. The van der Waals surface area contributed by atoms with Crippen molar-refractivity contribution in [2.24, 2.45) is 0 Å². The van der Waals surface area contributed by atoms with Gasteiger partial charge in [0.25, 0.3) is 5.56 Å². The molecule has 0 radical (unpaired) electrons. The topological polar surface area (TPSA) is 79.6 Å². The Morgan fingerprint density at radius 2 is 1.97 bits per heavy atom. The van der Waals surface area contributed by atoms with Gasteiger partial charge in [0.15, 0.2) is 0 Å². The molecule has 29 heavy (non-hydrogen) atoms. The molecule has 1 N–H and O–H groups in total. The van der Waals surface area contributed by atoms with Crippen molar-refractivity contribution >= 4 is 22.3 Å². The van der Waals surface area contributed by atoms with Crippen molar-refractivity contribution in [3.05, 3.63) is 62.5 Å². The number of hydrogen-bond donors (Lipinski definition) is 1. The van der Waals surface area contributed by atoms with Crippen LogP contribution in [0.1, 0.15) is 54.6 Å². The molecule has 1 fully saturated rings. The Labute approximate surface area is 173 Å². The Morgan fingerprint density at radius 1 is 1.24 bits per heavy atom. The number of nitrogens with one attached hydrogen (secondary N) is 1. The van der Waals surface area contributed by atoms with Gasteiger partial charge in [-0.2, -0.15) is 9.61 Å². The predicted octanol–water partition coefficient (Wildman–Crippen LogP) is 3.55. The highest BCUT2D eigenvalue weighted by atomic mass is 32.1. The maximum atomic E-state index is 13.1. The number of nitrogens with zero attached hydrogens (tertiary/aromatic N) is 4. The van der Waals surface area contributed by atoms with E-state index in [-0.39, 0.29) is 17.6 Å². The van der Waals surface area contributed by atoms with E-state index in [2.05, 4.69) is 15.4 Å². The van der Waals surface area contributed by atoms with Gasteiger partial charge in [-0.15, -0.1) is 0 Å². The molecule has 1 aromatic carbocycles. The molecular weight excluding hydrogens is 386 g/mol. The molecule has 7 nitrogen and oxygen atoms in total. The van der Waals surface area contributed by atoms with Crippen molar-refractivity contribution in [3.8, 4) is 0 Å². The molecule has 0 saturated carbocycles. The summed E-state index contributed by atoms with van der Waals surface area (Å²) in [4.78, 5) is 32.5. The van der Waals surface area contributed by atoms with Crippen LogP contribution >= 0.6 is 11.3 Å². The van der Waals surface area contributed by atoms with E-state index < -0.39 is 5.54 Å². The number of fused-ring (bicyclic) bond motifs is 1. The Hall–Kier alpha value is -2.74. The first-order chi connectivity index (χ1) is 13.8. The Balaban J connectivity index is 1.61. The summed E-state index contributed by atoms with van der Waals surface area (Å²) in [6.07, 6.45) is 1.73. The van der Waals surface area contributed by atoms with Crippen LogP contribution in [0.3, 0.4) is 0 Å². The van der Waals surface area contributed by atoms with Crippen LogP contribution in [0.2, 0.25) is 0 Å². The number of aryl methyl sites for hydroxylation is 1. The van der Waals surface area contributed by atoms with Gasteiger partial charge in [-0.3, -0.25) is 4.79 Å². The van der Waals surface area contributed by atoms with Gasteiger partial charge >= 0.3 is 6.03 Å². The molecule has 3 heterocycles. The zero-order valence-electron chi connectivity index (χ0n) is 17.1. The summed E-state index contributed by atoms with van der Waals surface area (Å²) in [7, 11) is 0. The van der Waals surface area contributed by atoms with Gasteiger partial charge in [-0.05, 0) is 46.1 Å². The van der Waals surface area contributed by atoms with E-state index in [1.54, 1.807) is 6.92 Å². The van der Waals surface area contributed by atoms with Crippen LogP contribution in [0.15, 0.2) is 35.1 Å². The third-order valence-electron chi connectivity index (χ3n) is 5.61. The van der Waals surface area contributed by atoms with Gasteiger partial charge in [0.1, 0.15) is 5.01 Å². The average Bonchev–Trinajstić information content (AvgIpc) is 3.33. The van der Waals surface area contributed by atoms with Gasteiger partial charge in [-0.1, -0.05) is 41.7 Å². The summed E-state index contributed by atoms with van der Waals surface area (Å²) < 4.78 is 1.37. The first kappa shape index (κ1) is 19.6.